The molecule has 0 spiro atoms. The third-order valence-corrected chi connectivity index (χ3v) is 3.36. The molecule has 1 aromatic heterocycles. The predicted octanol–water partition coefficient (Wildman–Crippen LogP) is 4.51. The van der Waals surface area contributed by atoms with Crippen molar-refractivity contribution in [2.24, 2.45) is 0 Å². The van der Waals surface area contributed by atoms with E-state index in [-0.39, 0.29) is 6.04 Å². The standard InChI is InChI=1S/C16H19ClN2O/c1-4-18-12(3)13-7-8-19-16(10-13)20-15-6-5-14(17)9-11(15)2/h5-10,12,18H,4H2,1-3H3. The van der Waals surface area contributed by atoms with Crippen LogP contribution in [0.4, 0.5) is 0 Å². The van der Waals surface area contributed by atoms with E-state index in [1.165, 1.54) is 0 Å². The average Bonchev–Trinajstić information content (AvgIpc) is 2.43. The minimum Gasteiger partial charge on any atom is -0.439 e. The zero-order chi connectivity index (χ0) is 14.5. The molecule has 3 nitrogen and oxygen atoms in total. The second kappa shape index (κ2) is 6.73. The Hall–Kier alpha value is -1.58. The summed E-state index contributed by atoms with van der Waals surface area (Å²) in [6.45, 7) is 7.10. The summed E-state index contributed by atoms with van der Waals surface area (Å²) < 4.78 is 5.84. The number of hydrogen-bond acceptors (Lipinski definition) is 3. The molecule has 1 N–H and O–H groups in total. The van der Waals surface area contributed by atoms with Crippen molar-refractivity contribution in [3.8, 4) is 11.6 Å². The van der Waals surface area contributed by atoms with Gasteiger partial charge in [-0.2, -0.15) is 0 Å². The Kier molecular flexibility index (Phi) is 4.99. The van der Waals surface area contributed by atoms with E-state index < -0.39 is 0 Å². The molecule has 1 aromatic carbocycles. The zero-order valence-corrected chi connectivity index (χ0v) is 12.7. The van der Waals surface area contributed by atoms with E-state index in [0.29, 0.717) is 10.9 Å². The number of nitrogens with one attached hydrogen (secondary N) is 1. The lowest BCUT2D eigenvalue weighted by molar-refractivity contribution is 0.457. The first-order valence-electron chi connectivity index (χ1n) is 6.73. The number of aryl methyl sites for hydroxylation is 1. The normalized spacial score (nSPS) is 12.2. The van der Waals surface area contributed by atoms with Crippen LogP contribution >= 0.6 is 11.6 Å². The largest absolute Gasteiger partial charge is 0.439 e. The van der Waals surface area contributed by atoms with E-state index in [2.05, 4.69) is 24.1 Å². The summed E-state index contributed by atoms with van der Waals surface area (Å²) in [6.07, 6.45) is 1.77. The van der Waals surface area contributed by atoms with Crippen molar-refractivity contribution in [3.05, 3.63) is 52.7 Å². The highest BCUT2D eigenvalue weighted by Gasteiger charge is 2.07. The smallest absolute Gasteiger partial charge is 0.219 e. The van der Waals surface area contributed by atoms with Gasteiger partial charge >= 0.3 is 0 Å². The van der Waals surface area contributed by atoms with Crippen LogP contribution in [-0.2, 0) is 0 Å². The summed E-state index contributed by atoms with van der Waals surface area (Å²) in [7, 11) is 0. The molecule has 0 fully saturated rings. The Morgan fingerprint density at radius 3 is 2.80 bits per heavy atom. The van der Waals surface area contributed by atoms with Gasteiger partial charge in [0.2, 0.25) is 5.88 Å². The van der Waals surface area contributed by atoms with E-state index >= 15 is 0 Å². The molecule has 106 valence electrons. The highest BCUT2D eigenvalue weighted by Crippen LogP contribution is 2.27. The third-order valence-electron chi connectivity index (χ3n) is 3.12. The van der Waals surface area contributed by atoms with Gasteiger partial charge in [-0.05, 0) is 55.8 Å². The fraction of sp³-hybridized carbons (Fsp3) is 0.312. The molecule has 4 heteroatoms. The minimum absolute atomic E-state index is 0.275. The van der Waals surface area contributed by atoms with Crippen LogP contribution in [-0.4, -0.2) is 11.5 Å². The number of benzene rings is 1. The molecule has 0 saturated carbocycles. The molecule has 1 unspecified atom stereocenters. The van der Waals surface area contributed by atoms with Crippen molar-refractivity contribution in [1.82, 2.24) is 10.3 Å². The average molecular weight is 291 g/mol. The summed E-state index contributed by atoms with van der Waals surface area (Å²) in [5, 5.41) is 4.08. The van der Waals surface area contributed by atoms with Crippen molar-refractivity contribution in [1.29, 1.82) is 0 Å². The van der Waals surface area contributed by atoms with Gasteiger partial charge in [-0.25, -0.2) is 4.98 Å². The first-order valence-corrected chi connectivity index (χ1v) is 7.11. The van der Waals surface area contributed by atoms with Gasteiger partial charge < -0.3 is 10.1 Å². The highest BCUT2D eigenvalue weighted by molar-refractivity contribution is 6.30. The van der Waals surface area contributed by atoms with Crippen LogP contribution in [0.25, 0.3) is 0 Å². The lowest BCUT2D eigenvalue weighted by Crippen LogP contribution is -2.17. The molecule has 0 amide bonds. The van der Waals surface area contributed by atoms with Crippen LogP contribution in [0.2, 0.25) is 5.02 Å². The Morgan fingerprint density at radius 1 is 1.30 bits per heavy atom. The van der Waals surface area contributed by atoms with Crippen LogP contribution in [0.15, 0.2) is 36.5 Å². The topological polar surface area (TPSA) is 34.2 Å². The molecular formula is C16H19ClN2O. The van der Waals surface area contributed by atoms with Gasteiger partial charge in [0, 0.05) is 23.3 Å². The molecule has 0 radical (unpaired) electrons. The van der Waals surface area contributed by atoms with Gasteiger partial charge in [0.15, 0.2) is 0 Å². The Labute approximate surface area is 124 Å². The lowest BCUT2D eigenvalue weighted by atomic mass is 10.1. The van der Waals surface area contributed by atoms with Gasteiger partial charge in [0.1, 0.15) is 5.75 Å². The van der Waals surface area contributed by atoms with Crippen LogP contribution in [0.5, 0.6) is 11.6 Å². The Bertz CT molecular complexity index is 586. The van der Waals surface area contributed by atoms with Gasteiger partial charge in [0.25, 0.3) is 0 Å². The third kappa shape index (κ3) is 3.71. The van der Waals surface area contributed by atoms with E-state index in [0.717, 1.165) is 23.4 Å². The monoisotopic (exact) mass is 290 g/mol. The van der Waals surface area contributed by atoms with E-state index in [1.807, 2.05) is 37.3 Å². The second-order valence-electron chi connectivity index (χ2n) is 4.72. The molecule has 20 heavy (non-hydrogen) atoms. The van der Waals surface area contributed by atoms with Gasteiger partial charge in [0.05, 0.1) is 0 Å². The molecule has 0 aliphatic rings. The summed E-state index contributed by atoms with van der Waals surface area (Å²) in [4.78, 5) is 4.26. The number of halogens is 1. The maximum absolute atomic E-state index is 5.94. The number of nitrogens with zero attached hydrogens (tertiary/aromatic N) is 1. The maximum atomic E-state index is 5.94. The molecule has 1 heterocycles. The molecule has 2 rings (SSSR count). The van der Waals surface area contributed by atoms with Crippen molar-refractivity contribution in [2.45, 2.75) is 26.8 Å². The molecule has 0 saturated heterocycles. The first kappa shape index (κ1) is 14.8. The van der Waals surface area contributed by atoms with Crippen LogP contribution in [0, 0.1) is 6.92 Å². The van der Waals surface area contributed by atoms with E-state index in [4.69, 9.17) is 16.3 Å². The Morgan fingerprint density at radius 2 is 2.10 bits per heavy atom. The highest BCUT2D eigenvalue weighted by atomic mass is 35.5. The van der Waals surface area contributed by atoms with Crippen molar-refractivity contribution < 1.29 is 4.74 Å². The lowest BCUT2D eigenvalue weighted by Gasteiger charge is -2.14. The quantitative estimate of drug-likeness (QED) is 0.880. The molecule has 0 bridgehead atoms. The molecule has 0 aliphatic heterocycles. The predicted molar refractivity (Wildman–Crippen MR) is 82.6 cm³/mol. The number of rotatable bonds is 5. The number of ether oxygens (including phenoxy) is 1. The number of hydrogen-bond donors (Lipinski definition) is 1. The molecular weight excluding hydrogens is 272 g/mol. The van der Waals surface area contributed by atoms with Crippen LogP contribution in [0.1, 0.15) is 31.0 Å². The van der Waals surface area contributed by atoms with Crippen molar-refractivity contribution >= 4 is 11.6 Å². The van der Waals surface area contributed by atoms with Crippen molar-refractivity contribution in [3.63, 3.8) is 0 Å². The molecule has 1 atom stereocenters. The minimum atomic E-state index is 0.275. The van der Waals surface area contributed by atoms with E-state index in [1.54, 1.807) is 6.20 Å². The summed E-state index contributed by atoms with van der Waals surface area (Å²) in [6, 6.07) is 9.78. The van der Waals surface area contributed by atoms with Gasteiger partial charge in [-0.15, -0.1) is 0 Å². The maximum Gasteiger partial charge on any atom is 0.219 e. The molecule has 2 aromatic rings. The number of aromatic nitrogens is 1. The van der Waals surface area contributed by atoms with Crippen LogP contribution < -0.4 is 10.1 Å². The fourth-order valence-corrected chi connectivity index (χ4v) is 2.24. The van der Waals surface area contributed by atoms with E-state index in [9.17, 15) is 0 Å². The van der Waals surface area contributed by atoms with Gasteiger partial charge in [-0.3, -0.25) is 0 Å². The molecule has 0 aliphatic carbocycles. The zero-order valence-electron chi connectivity index (χ0n) is 12.0. The summed E-state index contributed by atoms with van der Waals surface area (Å²) in [5.74, 6) is 1.37. The number of pyridine rings is 1. The fourth-order valence-electron chi connectivity index (χ4n) is 2.01. The van der Waals surface area contributed by atoms with Crippen LogP contribution in [0.3, 0.4) is 0 Å². The van der Waals surface area contributed by atoms with Crippen molar-refractivity contribution in [2.75, 3.05) is 6.54 Å². The van der Waals surface area contributed by atoms with Gasteiger partial charge in [-0.1, -0.05) is 18.5 Å². The summed E-state index contributed by atoms with van der Waals surface area (Å²) in [5.41, 5.74) is 2.15. The SMILES string of the molecule is CCNC(C)c1ccnc(Oc2ccc(Cl)cc2C)c1. The summed E-state index contributed by atoms with van der Waals surface area (Å²) >= 11 is 5.94. The Balaban J connectivity index is 2.19. The first-order chi connectivity index (χ1) is 9.60. The second-order valence-corrected chi connectivity index (χ2v) is 5.16.